The van der Waals surface area contributed by atoms with Crippen LogP contribution in [0, 0.1) is 6.92 Å². The molecule has 0 amide bonds. The van der Waals surface area contributed by atoms with Crippen molar-refractivity contribution in [1.29, 1.82) is 0 Å². The van der Waals surface area contributed by atoms with Crippen molar-refractivity contribution in [3.63, 3.8) is 0 Å². The maximum Gasteiger partial charge on any atom is 0.307 e. The van der Waals surface area contributed by atoms with Gasteiger partial charge < -0.3 is 20.3 Å². The lowest BCUT2D eigenvalue weighted by Gasteiger charge is -2.20. The number of guanidine groups is 1. The molecule has 2 rings (SSSR count). The van der Waals surface area contributed by atoms with Crippen LogP contribution in [0.4, 0.5) is 5.69 Å². The lowest BCUT2D eigenvalue weighted by molar-refractivity contribution is -0.147. The highest BCUT2D eigenvalue weighted by molar-refractivity contribution is 5.80. The fourth-order valence-corrected chi connectivity index (χ4v) is 2.96. The van der Waals surface area contributed by atoms with Crippen LogP contribution in [0.1, 0.15) is 39.2 Å². The average molecular weight is 361 g/mol. The Hall–Kier alpha value is -2.24. The Morgan fingerprint density at radius 2 is 2.08 bits per heavy atom. The van der Waals surface area contributed by atoms with Crippen molar-refractivity contribution in [2.45, 2.75) is 52.7 Å². The first kappa shape index (κ1) is 20.1. The van der Waals surface area contributed by atoms with Gasteiger partial charge in [0.05, 0.1) is 19.1 Å². The smallest absolute Gasteiger partial charge is 0.307 e. The SMILES string of the molecule is CCNC(=NCCC(=O)OC(C)C)NC1CCN(c2ccc(C)cc2)C1. The Balaban J connectivity index is 1.84. The zero-order chi connectivity index (χ0) is 18.9. The van der Waals surface area contributed by atoms with E-state index in [0.29, 0.717) is 19.0 Å². The van der Waals surface area contributed by atoms with Gasteiger partial charge in [-0.3, -0.25) is 9.79 Å². The van der Waals surface area contributed by atoms with Crippen LogP contribution < -0.4 is 15.5 Å². The van der Waals surface area contributed by atoms with Gasteiger partial charge in [0, 0.05) is 31.4 Å². The van der Waals surface area contributed by atoms with Crippen LogP contribution in [-0.4, -0.2) is 50.3 Å². The first-order valence-corrected chi connectivity index (χ1v) is 9.54. The summed E-state index contributed by atoms with van der Waals surface area (Å²) in [6.07, 6.45) is 1.28. The van der Waals surface area contributed by atoms with Crippen molar-refractivity contribution < 1.29 is 9.53 Å². The van der Waals surface area contributed by atoms with Gasteiger partial charge in [0.15, 0.2) is 5.96 Å². The summed E-state index contributed by atoms with van der Waals surface area (Å²) >= 11 is 0. The fourth-order valence-electron chi connectivity index (χ4n) is 2.96. The molecular formula is C20H32N4O2. The summed E-state index contributed by atoms with van der Waals surface area (Å²) in [7, 11) is 0. The van der Waals surface area contributed by atoms with Crippen LogP contribution in [-0.2, 0) is 9.53 Å². The standard InChI is InChI=1S/C20H32N4O2/c1-5-21-20(22-12-10-19(25)26-15(2)3)23-17-11-13-24(14-17)18-8-6-16(4)7-9-18/h6-9,15,17H,5,10-14H2,1-4H3,(H2,21,22,23). The molecule has 1 saturated heterocycles. The molecule has 0 radical (unpaired) electrons. The zero-order valence-electron chi connectivity index (χ0n) is 16.4. The Morgan fingerprint density at radius 3 is 2.73 bits per heavy atom. The molecule has 1 aliphatic rings. The average Bonchev–Trinajstić information content (AvgIpc) is 3.03. The number of hydrogen-bond acceptors (Lipinski definition) is 4. The lowest BCUT2D eigenvalue weighted by Crippen LogP contribution is -2.44. The number of ether oxygens (including phenoxy) is 1. The summed E-state index contributed by atoms with van der Waals surface area (Å²) in [6, 6.07) is 9.00. The van der Waals surface area contributed by atoms with Crippen molar-refractivity contribution in [2.24, 2.45) is 4.99 Å². The molecular weight excluding hydrogens is 328 g/mol. The third kappa shape index (κ3) is 6.58. The van der Waals surface area contributed by atoms with Gasteiger partial charge in [-0.2, -0.15) is 0 Å². The third-order valence-corrected chi connectivity index (χ3v) is 4.23. The molecule has 1 atom stereocenters. The summed E-state index contributed by atoms with van der Waals surface area (Å²) in [4.78, 5) is 18.5. The predicted molar refractivity (Wildman–Crippen MR) is 107 cm³/mol. The molecule has 1 aromatic rings. The molecule has 1 unspecified atom stereocenters. The van der Waals surface area contributed by atoms with E-state index in [0.717, 1.165) is 32.0 Å². The van der Waals surface area contributed by atoms with E-state index >= 15 is 0 Å². The van der Waals surface area contributed by atoms with Gasteiger partial charge in [0.2, 0.25) is 0 Å². The number of carbonyl (C=O) groups excluding carboxylic acids is 1. The number of esters is 1. The molecule has 1 fully saturated rings. The van der Waals surface area contributed by atoms with Crippen LogP contribution in [0.15, 0.2) is 29.3 Å². The molecule has 6 heteroatoms. The number of nitrogens with zero attached hydrogens (tertiary/aromatic N) is 2. The summed E-state index contributed by atoms with van der Waals surface area (Å²) in [6.45, 7) is 11.0. The second-order valence-corrected chi connectivity index (χ2v) is 6.96. The highest BCUT2D eigenvalue weighted by atomic mass is 16.5. The van der Waals surface area contributed by atoms with Crippen molar-refractivity contribution >= 4 is 17.6 Å². The quantitative estimate of drug-likeness (QED) is 0.444. The van der Waals surface area contributed by atoms with Gasteiger partial charge in [-0.1, -0.05) is 17.7 Å². The van der Waals surface area contributed by atoms with Gasteiger partial charge in [-0.05, 0) is 46.2 Å². The van der Waals surface area contributed by atoms with Crippen LogP contribution in [0.25, 0.3) is 0 Å². The predicted octanol–water partition coefficient (Wildman–Crippen LogP) is 2.47. The molecule has 26 heavy (non-hydrogen) atoms. The van der Waals surface area contributed by atoms with Crippen LogP contribution in [0.2, 0.25) is 0 Å². The number of anilines is 1. The van der Waals surface area contributed by atoms with E-state index in [2.05, 4.69) is 51.7 Å². The van der Waals surface area contributed by atoms with Gasteiger partial charge in [-0.25, -0.2) is 0 Å². The minimum atomic E-state index is -0.203. The summed E-state index contributed by atoms with van der Waals surface area (Å²) in [5, 5.41) is 6.74. The minimum absolute atomic E-state index is 0.0795. The van der Waals surface area contributed by atoms with Gasteiger partial charge in [-0.15, -0.1) is 0 Å². The number of benzene rings is 1. The van der Waals surface area contributed by atoms with E-state index in [1.54, 1.807) is 0 Å². The summed E-state index contributed by atoms with van der Waals surface area (Å²) < 4.78 is 5.14. The highest BCUT2D eigenvalue weighted by Crippen LogP contribution is 2.20. The van der Waals surface area contributed by atoms with Gasteiger partial charge in [0.25, 0.3) is 0 Å². The van der Waals surface area contributed by atoms with E-state index < -0.39 is 0 Å². The second kappa shape index (κ2) is 10.0. The van der Waals surface area contributed by atoms with Crippen LogP contribution in [0.3, 0.4) is 0 Å². The topological polar surface area (TPSA) is 66.0 Å². The first-order valence-electron chi connectivity index (χ1n) is 9.54. The number of aryl methyl sites for hydroxylation is 1. The zero-order valence-corrected chi connectivity index (χ0v) is 16.4. The number of nitrogens with one attached hydrogen (secondary N) is 2. The number of rotatable bonds is 7. The molecule has 0 saturated carbocycles. The molecule has 2 N–H and O–H groups in total. The monoisotopic (exact) mass is 360 g/mol. The molecule has 1 heterocycles. The molecule has 0 bridgehead atoms. The molecule has 0 aromatic heterocycles. The van der Waals surface area contributed by atoms with E-state index in [4.69, 9.17) is 4.74 Å². The highest BCUT2D eigenvalue weighted by Gasteiger charge is 2.23. The lowest BCUT2D eigenvalue weighted by atomic mass is 10.2. The van der Waals surface area contributed by atoms with Gasteiger partial charge in [0.1, 0.15) is 0 Å². The number of hydrogen-bond donors (Lipinski definition) is 2. The van der Waals surface area contributed by atoms with Crippen molar-refractivity contribution in [3.05, 3.63) is 29.8 Å². The van der Waals surface area contributed by atoms with Crippen LogP contribution in [0.5, 0.6) is 0 Å². The molecule has 0 aliphatic carbocycles. The van der Waals surface area contributed by atoms with Crippen LogP contribution >= 0.6 is 0 Å². The molecule has 1 aromatic carbocycles. The molecule has 0 spiro atoms. The van der Waals surface area contributed by atoms with E-state index in [1.165, 1.54) is 11.3 Å². The molecule has 144 valence electrons. The van der Waals surface area contributed by atoms with E-state index in [1.807, 2.05) is 20.8 Å². The summed E-state index contributed by atoms with van der Waals surface area (Å²) in [5.74, 6) is 0.562. The molecule has 1 aliphatic heterocycles. The largest absolute Gasteiger partial charge is 0.463 e. The Bertz CT molecular complexity index is 598. The Labute approximate surface area is 157 Å². The van der Waals surface area contributed by atoms with E-state index in [9.17, 15) is 4.79 Å². The first-order chi connectivity index (χ1) is 12.5. The van der Waals surface area contributed by atoms with Crippen molar-refractivity contribution in [2.75, 3.05) is 31.1 Å². The third-order valence-electron chi connectivity index (χ3n) is 4.23. The Morgan fingerprint density at radius 1 is 1.35 bits per heavy atom. The Kier molecular flexibility index (Phi) is 7.75. The van der Waals surface area contributed by atoms with Crippen molar-refractivity contribution in [1.82, 2.24) is 10.6 Å². The second-order valence-electron chi connectivity index (χ2n) is 6.96. The van der Waals surface area contributed by atoms with Gasteiger partial charge >= 0.3 is 5.97 Å². The van der Waals surface area contributed by atoms with Crippen molar-refractivity contribution in [3.8, 4) is 0 Å². The number of carbonyl (C=O) groups is 1. The normalized spacial score (nSPS) is 17.5. The maximum atomic E-state index is 11.6. The number of aliphatic imine (C=N–C) groups is 1. The van der Waals surface area contributed by atoms with E-state index in [-0.39, 0.29) is 12.1 Å². The maximum absolute atomic E-state index is 11.6. The summed E-state index contributed by atoms with van der Waals surface area (Å²) in [5.41, 5.74) is 2.54. The fraction of sp³-hybridized carbons (Fsp3) is 0.600. The molecule has 6 nitrogen and oxygen atoms in total. The minimum Gasteiger partial charge on any atom is -0.463 e.